The molecular formula is C17H16O6. The topological polar surface area (TPSA) is 82.1 Å². The molecule has 0 saturated heterocycles. The molecule has 0 amide bonds. The van der Waals surface area contributed by atoms with E-state index in [2.05, 4.69) is 0 Å². The summed E-state index contributed by atoms with van der Waals surface area (Å²) >= 11 is 0. The van der Waals surface area contributed by atoms with Crippen LogP contribution in [0.4, 0.5) is 0 Å². The first-order valence-corrected chi connectivity index (χ1v) is 6.77. The number of ether oxygens (including phenoxy) is 3. The second kappa shape index (κ2) is 7.31. The molecule has 0 unspecified atom stereocenters. The number of carboxylic acid groups (broad SMARTS) is 1. The Bertz CT molecular complexity index is 723. The van der Waals surface area contributed by atoms with Crippen LogP contribution < -0.4 is 14.2 Å². The van der Waals surface area contributed by atoms with E-state index in [0.29, 0.717) is 17.1 Å². The standard InChI is InChI=1S/C17H16O6/c1-21-11-7-8-15(22-2)13(9-11)14(18)10-23-16-6-4-3-5-12(16)17(19)20/h3-9H,10H2,1-2H3,(H,19,20). The van der Waals surface area contributed by atoms with Crippen LogP contribution in [-0.2, 0) is 0 Å². The first-order chi connectivity index (χ1) is 11.1. The second-order valence-electron chi connectivity index (χ2n) is 4.58. The minimum Gasteiger partial charge on any atom is -0.497 e. The molecule has 0 spiro atoms. The molecule has 0 aliphatic rings. The molecule has 0 fully saturated rings. The fourth-order valence-electron chi connectivity index (χ4n) is 2.02. The average Bonchev–Trinajstić information content (AvgIpc) is 2.59. The lowest BCUT2D eigenvalue weighted by Gasteiger charge is -2.11. The number of hydrogen-bond acceptors (Lipinski definition) is 5. The predicted molar refractivity (Wildman–Crippen MR) is 82.8 cm³/mol. The molecule has 2 aromatic carbocycles. The number of rotatable bonds is 7. The molecule has 0 saturated carbocycles. The highest BCUT2D eigenvalue weighted by Gasteiger charge is 2.16. The van der Waals surface area contributed by atoms with Crippen LogP contribution in [0.2, 0.25) is 0 Å². The van der Waals surface area contributed by atoms with E-state index < -0.39 is 5.97 Å². The number of methoxy groups -OCH3 is 2. The molecule has 23 heavy (non-hydrogen) atoms. The van der Waals surface area contributed by atoms with Gasteiger partial charge in [-0.15, -0.1) is 0 Å². The van der Waals surface area contributed by atoms with Crippen molar-refractivity contribution in [3.63, 3.8) is 0 Å². The van der Waals surface area contributed by atoms with Gasteiger partial charge in [-0.05, 0) is 30.3 Å². The third-order valence-corrected chi connectivity index (χ3v) is 3.18. The summed E-state index contributed by atoms with van der Waals surface area (Å²) in [6.07, 6.45) is 0. The monoisotopic (exact) mass is 316 g/mol. The van der Waals surface area contributed by atoms with Crippen molar-refractivity contribution in [1.82, 2.24) is 0 Å². The zero-order valence-electron chi connectivity index (χ0n) is 12.7. The van der Waals surface area contributed by atoms with Gasteiger partial charge in [0.2, 0.25) is 5.78 Å². The highest BCUT2D eigenvalue weighted by Crippen LogP contribution is 2.25. The highest BCUT2D eigenvalue weighted by molar-refractivity contribution is 6.00. The molecule has 6 heteroatoms. The van der Waals surface area contributed by atoms with Gasteiger partial charge in [0.1, 0.15) is 22.8 Å². The molecule has 0 atom stereocenters. The number of carbonyl (C=O) groups is 2. The number of ketones is 1. The van der Waals surface area contributed by atoms with Crippen molar-refractivity contribution in [3.8, 4) is 17.2 Å². The minimum absolute atomic E-state index is 0.00194. The summed E-state index contributed by atoms with van der Waals surface area (Å²) in [5, 5.41) is 9.10. The Morgan fingerprint density at radius 3 is 2.35 bits per heavy atom. The number of para-hydroxylation sites is 1. The summed E-state index contributed by atoms with van der Waals surface area (Å²) < 4.78 is 15.6. The Balaban J connectivity index is 2.19. The van der Waals surface area contributed by atoms with Crippen molar-refractivity contribution in [3.05, 3.63) is 53.6 Å². The third kappa shape index (κ3) is 3.79. The van der Waals surface area contributed by atoms with Gasteiger partial charge < -0.3 is 19.3 Å². The van der Waals surface area contributed by atoms with E-state index in [9.17, 15) is 9.59 Å². The maximum absolute atomic E-state index is 12.3. The summed E-state index contributed by atoms with van der Waals surface area (Å²) in [6.45, 7) is -0.312. The second-order valence-corrected chi connectivity index (χ2v) is 4.58. The van der Waals surface area contributed by atoms with E-state index in [4.69, 9.17) is 19.3 Å². The number of carboxylic acids is 1. The maximum Gasteiger partial charge on any atom is 0.339 e. The highest BCUT2D eigenvalue weighted by atomic mass is 16.5. The lowest BCUT2D eigenvalue weighted by Crippen LogP contribution is -2.14. The van der Waals surface area contributed by atoms with Gasteiger partial charge in [0.15, 0.2) is 6.61 Å². The number of aromatic carboxylic acids is 1. The zero-order valence-corrected chi connectivity index (χ0v) is 12.7. The molecule has 0 aliphatic carbocycles. The molecule has 0 bridgehead atoms. The molecule has 1 N–H and O–H groups in total. The average molecular weight is 316 g/mol. The van der Waals surface area contributed by atoms with Crippen molar-refractivity contribution in [1.29, 1.82) is 0 Å². The van der Waals surface area contributed by atoms with Crippen LogP contribution in [-0.4, -0.2) is 37.7 Å². The van der Waals surface area contributed by atoms with Crippen molar-refractivity contribution in [2.24, 2.45) is 0 Å². The van der Waals surface area contributed by atoms with Gasteiger partial charge in [-0.2, -0.15) is 0 Å². The van der Waals surface area contributed by atoms with E-state index in [-0.39, 0.29) is 23.7 Å². The number of hydrogen-bond donors (Lipinski definition) is 1. The summed E-state index contributed by atoms with van der Waals surface area (Å²) in [7, 11) is 2.95. The minimum atomic E-state index is -1.12. The van der Waals surface area contributed by atoms with Crippen LogP contribution in [0.25, 0.3) is 0 Å². The third-order valence-electron chi connectivity index (χ3n) is 3.18. The fraction of sp³-hybridized carbons (Fsp3) is 0.176. The van der Waals surface area contributed by atoms with Crippen molar-refractivity contribution < 1.29 is 28.9 Å². The lowest BCUT2D eigenvalue weighted by atomic mass is 10.1. The van der Waals surface area contributed by atoms with Gasteiger partial charge in [-0.1, -0.05) is 12.1 Å². The van der Waals surface area contributed by atoms with E-state index in [0.717, 1.165) is 0 Å². The van der Waals surface area contributed by atoms with E-state index >= 15 is 0 Å². The summed E-state index contributed by atoms with van der Waals surface area (Å²) in [5.41, 5.74) is 0.303. The quantitative estimate of drug-likeness (QED) is 0.791. The van der Waals surface area contributed by atoms with E-state index in [1.165, 1.54) is 26.4 Å². The SMILES string of the molecule is COc1ccc(OC)c(C(=O)COc2ccccc2C(=O)O)c1. The molecule has 0 aliphatic heterocycles. The van der Waals surface area contributed by atoms with Crippen molar-refractivity contribution in [2.75, 3.05) is 20.8 Å². The largest absolute Gasteiger partial charge is 0.497 e. The Labute approximate surface area is 133 Å². The fourth-order valence-corrected chi connectivity index (χ4v) is 2.02. The van der Waals surface area contributed by atoms with Crippen LogP contribution in [0.15, 0.2) is 42.5 Å². The number of carbonyl (C=O) groups excluding carboxylic acids is 1. The lowest BCUT2D eigenvalue weighted by molar-refractivity contribution is 0.0689. The molecule has 0 radical (unpaired) electrons. The molecule has 0 heterocycles. The predicted octanol–water partition coefficient (Wildman–Crippen LogP) is 2.66. The van der Waals surface area contributed by atoms with Crippen molar-refractivity contribution in [2.45, 2.75) is 0 Å². The summed E-state index contributed by atoms with van der Waals surface area (Å²) in [5.74, 6) is -0.422. The van der Waals surface area contributed by atoms with Crippen LogP contribution in [0.1, 0.15) is 20.7 Å². The number of benzene rings is 2. The molecular weight excluding hydrogens is 300 g/mol. The Kier molecular flexibility index (Phi) is 5.19. The first kappa shape index (κ1) is 16.4. The normalized spacial score (nSPS) is 10.0. The van der Waals surface area contributed by atoms with Gasteiger partial charge >= 0.3 is 5.97 Å². The maximum atomic E-state index is 12.3. The van der Waals surface area contributed by atoms with Crippen LogP contribution >= 0.6 is 0 Å². The van der Waals surface area contributed by atoms with Crippen LogP contribution in [0, 0.1) is 0 Å². The van der Waals surface area contributed by atoms with E-state index in [1.807, 2.05) is 0 Å². The Morgan fingerprint density at radius 1 is 0.957 bits per heavy atom. The molecule has 120 valence electrons. The summed E-state index contributed by atoms with van der Waals surface area (Å²) in [6, 6.07) is 11.0. The first-order valence-electron chi connectivity index (χ1n) is 6.77. The zero-order chi connectivity index (χ0) is 16.8. The van der Waals surface area contributed by atoms with E-state index in [1.54, 1.807) is 30.3 Å². The Hall–Kier alpha value is -3.02. The van der Waals surface area contributed by atoms with Crippen LogP contribution in [0.3, 0.4) is 0 Å². The van der Waals surface area contributed by atoms with Crippen molar-refractivity contribution >= 4 is 11.8 Å². The van der Waals surface area contributed by atoms with Gasteiger partial charge in [0.05, 0.1) is 19.8 Å². The molecule has 6 nitrogen and oxygen atoms in total. The summed E-state index contributed by atoms with van der Waals surface area (Å²) in [4.78, 5) is 23.5. The van der Waals surface area contributed by atoms with Gasteiger partial charge in [0, 0.05) is 0 Å². The van der Waals surface area contributed by atoms with Gasteiger partial charge in [-0.25, -0.2) is 4.79 Å². The van der Waals surface area contributed by atoms with Gasteiger partial charge in [0.25, 0.3) is 0 Å². The smallest absolute Gasteiger partial charge is 0.339 e. The van der Waals surface area contributed by atoms with Crippen LogP contribution in [0.5, 0.6) is 17.2 Å². The van der Waals surface area contributed by atoms with Gasteiger partial charge in [-0.3, -0.25) is 4.79 Å². The number of Topliss-reactive ketones (excluding diaryl/α,β-unsaturated/α-hetero) is 1. The molecule has 0 aromatic heterocycles. The molecule has 2 rings (SSSR count). The molecule has 2 aromatic rings. The Morgan fingerprint density at radius 2 is 1.70 bits per heavy atom.